The van der Waals surface area contributed by atoms with Crippen LogP contribution in [0, 0.1) is 0 Å². The first-order chi connectivity index (χ1) is 11.2. The van der Waals surface area contributed by atoms with Crippen LogP contribution in [0.1, 0.15) is 61.2 Å². The van der Waals surface area contributed by atoms with Crippen LogP contribution in [0.25, 0.3) is 0 Å². The van der Waals surface area contributed by atoms with Crippen LogP contribution in [0.15, 0.2) is 42.5 Å². The third-order valence-corrected chi connectivity index (χ3v) is 4.93. The largest absolute Gasteiger partial charge is 0.489 e. The predicted molar refractivity (Wildman–Crippen MR) is 94.8 cm³/mol. The van der Waals surface area contributed by atoms with Gasteiger partial charge in [-0.25, -0.2) is 4.79 Å². The van der Waals surface area contributed by atoms with E-state index in [1.165, 1.54) is 11.1 Å². The van der Waals surface area contributed by atoms with Crippen LogP contribution >= 0.6 is 0 Å². The fourth-order valence-electron chi connectivity index (χ4n) is 3.99. The van der Waals surface area contributed by atoms with Gasteiger partial charge >= 0.3 is 5.97 Å². The molecule has 1 aliphatic carbocycles. The lowest BCUT2D eigenvalue weighted by molar-refractivity contribution is 0.0697. The van der Waals surface area contributed by atoms with E-state index in [2.05, 4.69) is 45.9 Å². The zero-order valence-corrected chi connectivity index (χ0v) is 14.7. The lowest BCUT2D eigenvalue weighted by Gasteiger charge is -2.22. The van der Waals surface area contributed by atoms with E-state index >= 15 is 0 Å². The zero-order valence-electron chi connectivity index (χ0n) is 14.7. The van der Waals surface area contributed by atoms with Gasteiger partial charge in [0.15, 0.2) is 0 Å². The maximum Gasteiger partial charge on any atom is 0.335 e. The Hall–Kier alpha value is -2.29. The van der Waals surface area contributed by atoms with E-state index in [1.807, 2.05) is 0 Å². The van der Waals surface area contributed by atoms with Crippen LogP contribution in [-0.2, 0) is 17.4 Å². The highest BCUT2D eigenvalue weighted by molar-refractivity contribution is 5.87. The van der Waals surface area contributed by atoms with Crippen molar-refractivity contribution in [3.05, 3.63) is 64.7 Å². The third-order valence-electron chi connectivity index (χ3n) is 4.93. The smallest absolute Gasteiger partial charge is 0.335 e. The first-order valence-corrected chi connectivity index (χ1v) is 8.29. The Morgan fingerprint density at radius 2 is 1.62 bits per heavy atom. The number of hydrogen-bond acceptors (Lipinski definition) is 2. The Kier molecular flexibility index (Phi) is 3.90. The number of hydrogen-bond donors (Lipinski definition) is 1. The number of carboxylic acid groups (broad SMARTS) is 1. The van der Waals surface area contributed by atoms with Gasteiger partial charge in [-0.1, -0.05) is 45.9 Å². The van der Waals surface area contributed by atoms with Gasteiger partial charge in [-0.2, -0.15) is 0 Å². The van der Waals surface area contributed by atoms with Crippen molar-refractivity contribution in [1.29, 1.82) is 0 Å². The molecule has 0 unspecified atom stereocenters. The van der Waals surface area contributed by atoms with Gasteiger partial charge in [-0.15, -0.1) is 0 Å². The number of rotatable bonds is 4. The lowest BCUT2D eigenvalue weighted by atomic mass is 9.82. The van der Waals surface area contributed by atoms with E-state index in [0.29, 0.717) is 12.4 Å². The maximum absolute atomic E-state index is 10.9. The van der Waals surface area contributed by atoms with Gasteiger partial charge in [-0.3, -0.25) is 0 Å². The topological polar surface area (TPSA) is 46.5 Å². The first kappa shape index (κ1) is 16.6. The summed E-state index contributed by atoms with van der Waals surface area (Å²) in [6, 6.07) is 13.1. The predicted octanol–water partition coefficient (Wildman–Crippen LogP) is 4.92. The molecule has 0 fully saturated rings. The van der Waals surface area contributed by atoms with Crippen molar-refractivity contribution >= 4 is 5.97 Å². The average molecular weight is 324 g/mol. The van der Waals surface area contributed by atoms with Crippen molar-refractivity contribution in [2.75, 3.05) is 0 Å². The highest BCUT2D eigenvalue weighted by Crippen LogP contribution is 2.49. The number of fused-ring (bicyclic) bond motifs is 1. The molecular weight excluding hydrogens is 300 g/mol. The molecule has 126 valence electrons. The molecule has 0 spiro atoms. The van der Waals surface area contributed by atoms with Crippen molar-refractivity contribution in [2.45, 2.75) is 51.6 Å². The molecule has 24 heavy (non-hydrogen) atoms. The van der Waals surface area contributed by atoms with Crippen LogP contribution in [0.3, 0.4) is 0 Å². The first-order valence-electron chi connectivity index (χ1n) is 8.29. The fourth-order valence-corrected chi connectivity index (χ4v) is 3.99. The number of benzene rings is 2. The van der Waals surface area contributed by atoms with Crippen molar-refractivity contribution in [3.8, 4) is 5.75 Å². The van der Waals surface area contributed by atoms with Crippen LogP contribution in [-0.4, -0.2) is 11.1 Å². The number of aromatic carboxylic acids is 1. The summed E-state index contributed by atoms with van der Waals surface area (Å²) in [5.74, 6) is -0.245. The van der Waals surface area contributed by atoms with E-state index in [0.717, 1.165) is 12.0 Å². The molecule has 0 amide bonds. The van der Waals surface area contributed by atoms with E-state index in [9.17, 15) is 4.79 Å². The molecule has 0 atom stereocenters. The summed E-state index contributed by atoms with van der Waals surface area (Å²) < 4.78 is 5.81. The van der Waals surface area contributed by atoms with Gasteiger partial charge in [-0.05, 0) is 58.2 Å². The highest BCUT2D eigenvalue weighted by Gasteiger charge is 2.41. The Balaban J connectivity index is 1.77. The van der Waals surface area contributed by atoms with E-state index < -0.39 is 5.97 Å². The monoisotopic (exact) mass is 324 g/mol. The molecule has 3 rings (SSSR count). The van der Waals surface area contributed by atoms with Gasteiger partial charge in [0, 0.05) is 0 Å². The Morgan fingerprint density at radius 1 is 1.00 bits per heavy atom. The van der Waals surface area contributed by atoms with Crippen LogP contribution in [0.5, 0.6) is 5.75 Å². The summed E-state index contributed by atoms with van der Waals surface area (Å²) in [5, 5.41) is 8.92. The average Bonchev–Trinajstić information content (AvgIpc) is 2.70. The molecule has 2 aromatic carbocycles. The summed E-state index contributed by atoms with van der Waals surface area (Å²) >= 11 is 0. The molecule has 3 heteroatoms. The van der Waals surface area contributed by atoms with E-state index in [-0.39, 0.29) is 16.4 Å². The standard InChI is InChI=1S/C21H24O3/c1-20(2)13-21(3,4)18-11-14(5-10-17(18)20)12-24-16-8-6-15(7-9-16)19(22)23/h5-11H,12-13H2,1-4H3,(H,22,23). The van der Waals surface area contributed by atoms with Gasteiger partial charge in [0.25, 0.3) is 0 Å². The second-order valence-electron chi connectivity index (χ2n) is 7.94. The Bertz CT molecular complexity index is 770. The minimum atomic E-state index is -0.926. The van der Waals surface area contributed by atoms with Crippen molar-refractivity contribution < 1.29 is 14.6 Å². The second-order valence-corrected chi connectivity index (χ2v) is 7.94. The lowest BCUT2D eigenvalue weighted by Crippen LogP contribution is -2.18. The van der Waals surface area contributed by atoms with Gasteiger partial charge < -0.3 is 9.84 Å². The number of carbonyl (C=O) groups is 1. The molecule has 0 heterocycles. The van der Waals surface area contributed by atoms with Crippen LogP contribution < -0.4 is 4.74 Å². The number of ether oxygens (including phenoxy) is 1. The molecule has 0 saturated heterocycles. The van der Waals surface area contributed by atoms with Crippen molar-refractivity contribution in [1.82, 2.24) is 0 Å². The van der Waals surface area contributed by atoms with Crippen molar-refractivity contribution in [2.24, 2.45) is 0 Å². The minimum Gasteiger partial charge on any atom is -0.489 e. The summed E-state index contributed by atoms with van der Waals surface area (Å²) in [4.78, 5) is 10.9. The summed E-state index contributed by atoms with van der Waals surface area (Å²) in [5.41, 5.74) is 4.64. The van der Waals surface area contributed by atoms with Gasteiger partial charge in [0.1, 0.15) is 12.4 Å². The Morgan fingerprint density at radius 3 is 2.25 bits per heavy atom. The highest BCUT2D eigenvalue weighted by atomic mass is 16.5. The molecular formula is C21H24O3. The normalized spacial score (nSPS) is 17.3. The third kappa shape index (κ3) is 3.03. The van der Waals surface area contributed by atoms with Crippen LogP contribution in [0.4, 0.5) is 0 Å². The molecule has 1 aliphatic rings. The minimum absolute atomic E-state index is 0.179. The van der Waals surface area contributed by atoms with Crippen LogP contribution in [0.2, 0.25) is 0 Å². The molecule has 0 bridgehead atoms. The number of carboxylic acids is 1. The summed E-state index contributed by atoms with van der Waals surface area (Å²) in [7, 11) is 0. The van der Waals surface area contributed by atoms with Gasteiger partial charge in [0.05, 0.1) is 5.56 Å². The summed E-state index contributed by atoms with van der Waals surface area (Å²) in [6.45, 7) is 9.70. The Labute approximate surface area is 143 Å². The molecule has 2 aromatic rings. The molecule has 0 saturated carbocycles. The molecule has 0 aliphatic heterocycles. The zero-order chi connectivity index (χ0) is 17.5. The molecule has 3 nitrogen and oxygen atoms in total. The summed E-state index contributed by atoms with van der Waals surface area (Å²) in [6.07, 6.45) is 1.15. The second kappa shape index (κ2) is 5.66. The molecule has 0 aromatic heterocycles. The maximum atomic E-state index is 10.9. The van der Waals surface area contributed by atoms with E-state index in [1.54, 1.807) is 24.3 Å². The quantitative estimate of drug-likeness (QED) is 0.868. The fraction of sp³-hybridized carbons (Fsp3) is 0.381. The van der Waals surface area contributed by atoms with Crippen molar-refractivity contribution in [3.63, 3.8) is 0 Å². The van der Waals surface area contributed by atoms with E-state index in [4.69, 9.17) is 9.84 Å². The molecule has 1 N–H and O–H groups in total. The SMILES string of the molecule is CC1(C)CC(C)(C)c2cc(COc3ccc(C(=O)O)cc3)ccc21. The molecule has 0 radical (unpaired) electrons. The van der Waals surface area contributed by atoms with Gasteiger partial charge in [0.2, 0.25) is 0 Å².